The van der Waals surface area contributed by atoms with Gasteiger partial charge in [0.2, 0.25) is 0 Å². The van der Waals surface area contributed by atoms with Gasteiger partial charge in [0, 0.05) is 27.4 Å². The molecule has 0 aromatic carbocycles. The van der Waals surface area contributed by atoms with Gasteiger partial charge >= 0.3 is 8.80 Å². The third-order valence-corrected chi connectivity index (χ3v) is 6.42. The SMILES string of the molecule is CO[Si](C)(OC)OCCCCCCCCCCCCCCN. The average molecular weight is 334 g/mol. The van der Waals surface area contributed by atoms with E-state index in [0.29, 0.717) is 0 Å². The summed E-state index contributed by atoms with van der Waals surface area (Å²) in [5, 5.41) is 0. The zero-order chi connectivity index (χ0) is 16.5. The minimum absolute atomic E-state index is 0.757. The lowest BCUT2D eigenvalue weighted by Gasteiger charge is -2.21. The summed E-state index contributed by atoms with van der Waals surface area (Å²) in [6, 6.07) is 0. The quantitative estimate of drug-likeness (QED) is 0.314. The van der Waals surface area contributed by atoms with Crippen LogP contribution in [0.5, 0.6) is 0 Å². The van der Waals surface area contributed by atoms with Gasteiger partial charge in [-0.05, 0) is 19.4 Å². The van der Waals surface area contributed by atoms with Gasteiger partial charge in [0.15, 0.2) is 0 Å². The first-order valence-electron chi connectivity index (χ1n) is 9.13. The Bertz CT molecular complexity index is 226. The van der Waals surface area contributed by atoms with Gasteiger partial charge in [-0.3, -0.25) is 0 Å². The molecule has 0 aliphatic carbocycles. The molecule has 0 radical (unpaired) electrons. The molecule has 0 atom stereocenters. The van der Waals surface area contributed by atoms with Crippen LogP contribution in [0.1, 0.15) is 77.0 Å². The molecule has 0 aliphatic heterocycles. The van der Waals surface area contributed by atoms with Crippen molar-refractivity contribution in [1.82, 2.24) is 0 Å². The Morgan fingerprint density at radius 2 is 1.00 bits per heavy atom. The molecule has 4 nitrogen and oxygen atoms in total. The molecular formula is C17H39NO3Si. The molecule has 0 fully saturated rings. The van der Waals surface area contributed by atoms with Gasteiger partial charge in [-0.25, -0.2) is 0 Å². The van der Waals surface area contributed by atoms with E-state index in [1.165, 1.54) is 70.6 Å². The summed E-state index contributed by atoms with van der Waals surface area (Å²) in [4.78, 5) is 0. The van der Waals surface area contributed by atoms with E-state index in [-0.39, 0.29) is 0 Å². The second kappa shape index (κ2) is 15.9. The molecule has 0 saturated carbocycles. The van der Waals surface area contributed by atoms with E-state index < -0.39 is 8.80 Å². The van der Waals surface area contributed by atoms with E-state index in [1.807, 2.05) is 6.55 Å². The van der Waals surface area contributed by atoms with Crippen molar-refractivity contribution in [3.05, 3.63) is 0 Å². The molecular weight excluding hydrogens is 294 g/mol. The maximum atomic E-state index is 5.71. The van der Waals surface area contributed by atoms with Gasteiger partial charge in [0.25, 0.3) is 0 Å². The van der Waals surface area contributed by atoms with E-state index in [1.54, 1.807) is 14.2 Å². The lowest BCUT2D eigenvalue weighted by atomic mass is 10.1. The lowest BCUT2D eigenvalue weighted by Crippen LogP contribution is -2.40. The molecule has 0 aromatic heterocycles. The van der Waals surface area contributed by atoms with Crippen molar-refractivity contribution in [2.45, 2.75) is 83.6 Å². The van der Waals surface area contributed by atoms with Crippen LogP contribution in [0.4, 0.5) is 0 Å². The summed E-state index contributed by atoms with van der Waals surface area (Å²) in [7, 11) is 1.01. The highest BCUT2D eigenvalue weighted by atomic mass is 28.4. The Balaban J connectivity index is 3.14. The standard InChI is InChI=1S/C17H39NO3Si/c1-19-22(3,20-2)21-17-15-13-11-9-7-5-4-6-8-10-12-14-16-18/h4-18H2,1-3H3. The van der Waals surface area contributed by atoms with Gasteiger partial charge in [-0.15, -0.1) is 0 Å². The topological polar surface area (TPSA) is 53.7 Å². The second-order valence-electron chi connectivity index (χ2n) is 6.15. The van der Waals surface area contributed by atoms with Crippen molar-refractivity contribution < 1.29 is 13.3 Å². The third-order valence-electron chi connectivity index (χ3n) is 4.20. The van der Waals surface area contributed by atoms with Crippen molar-refractivity contribution in [3.8, 4) is 0 Å². The average Bonchev–Trinajstić information content (AvgIpc) is 2.55. The fraction of sp³-hybridized carbons (Fsp3) is 1.00. The predicted octanol–water partition coefficient (Wildman–Crippen LogP) is 4.50. The van der Waals surface area contributed by atoms with Gasteiger partial charge < -0.3 is 19.0 Å². The third kappa shape index (κ3) is 13.7. The van der Waals surface area contributed by atoms with E-state index in [0.717, 1.165) is 19.6 Å². The molecule has 2 N–H and O–H groups in total. The first-order chi connectivity index (χ1) is 10.7. The maximum absolute atomic E-state index is 5.71. The van der Waals surface area contributed by atoms with Crippen LogP contribution in [0.15, 0.2) is 0 Å². The predicted molar refractivity (Wildman–Crippen MR) is 96.0 cm³/mol. The summed E-state index contributed by atoms with van der Waals surface area (Å²) in [5.41, 5.74) is 5.48. The minimum Gasteiger partial charge on any atom is -0.377 e. The van der Waals surface area contributed by atoms with Crippen LogP contribution in [0.3, 0.4) is 0 Å². The fourth-order valence-corrected chi connectivity index (χ4v) is 3.39. The molecule has 134 valence electrons. The lowest BCUT2D eigenvalue weighted by molar-refractivity contribution is 0.104. The minimum atomic E-state index is -2.31. The normalized spacial score (nSPS) is 12.0. The molecule has 0 spiro atoms. The van der Waals surface area contributed by atoms with Gasteiger partial charge in [-0.2, -0.15) is 0 Å². The smallest absolute Gasteiger partial charge is 0.377 e. The van der Waals surface area contributed by atoms with Crippen molar-refractivity contribution in [2.24, 2.45) is 5.73 Å². The molecule has 5 heteroatoms. The Hall–Kier alpha value is 0.0569. The van der Waals surface area contributed by atoms with Gasteiger partial charge in [-0.1, -0.05) is 64.2 Å². The monoisotopic (exact) mass is 333 g/mol. The highest BCUT2D eigenvalue weighted by Crippen LogP contribution is 2.13. The van der Waals surface area contributed by atoms with Crippen molar-refractivity contribution in [2.75, 3.05) is 27.4 Å². The summed E-state index contributed by atoms with van der Waals surface area (Å²) < 4.78 is 16.3. The Morgan fingerprint density at radius 1 is 0.636 bits per heavy atom. The van der Waals surface area contributed by atoms with E-state index in [2.05, 4.69) is 0 Å². The fourth-order valence-electron chi connectivity index (χ4n) is 2.47. The van der Waals surface area contributed by atoms with Gasteiger partial charge in [0.05, 0.1) is 0 Å². The van der Waals surface area contributed by atoms with Crippen LogP contribution in [-0.2, 0) is 13.3 Å². The molecule has 0 saturated heterocycles. The summed E-state index contributed by atoms with van der Waals surface area (Å²) in [6.45, 7) is 3.54. The zero-order valence-electron chi connectivity index (χ0n) is 15.2. The molecule has 0 amide bonds. The largest absolute Gasteiger partial charge is 0.497 e. The van der Waals surface area contributed by atoms with Crippen LogP contribution in [0.25, 0.3) is 0 Å². The van der Waals surface area contributed by atoms with Crippen molar-refractivity contribution in [3.63, 3.8) is 0 Å². The molecule has 0 unspecified atom stereocenters. The van der Waals surface area contributed by atoms with Crippen LogP contribution in [0, 0.1) is 0 Å². The number of rotatable bonds is 17. The summed E-state index contributed by atoms with van der Waals surface area (Å²) >= 11 is 0. The molecule has 0 aromatic rings. The Kier molecular flexibility index (Phi) is 16.0. The highest BCUT2D eigenvalue weighted by molar-refractivity contribution is 6.59. The molecule has 0 aliphatic rings. The maximum Gasteiger partial charge on any atom is 0.497 e. The van der Waals surface area contributed by atoms with E-state index >= 15 is 0 Å². The van der Waals surface area contributed by atoms with Crippen LogP contribution >= 0.6 is 0 Å². The van der Waals surface area contributed by atoms with Crippen molar-refractivity contribution >= 4 is 8.80 Å². The second-order valence-corrected chi connectivity index (χ2v) is 8.98. The van der Waals surface area contributed by atoms with Crippen LogP contribution in [-0.4, -0.2) is 36.2 Å². The van der Waals surface area contributed by atoms with Crippen LogP contribution < -0.4 is 5.73 Å². The number of nitrogens with two attached hydrogens (primary N) is 1. The Morgan fingerprint density at radius 3 is 1.36 bits per heavy atom. The number of unbranched alkanes of at least 4 members (excludes halogenated alkanes) is 11. The van der Waals surface area contributed by atoms with E-state index in [4.69, 9.17) is 19.0 Å². The molecule has 0 heterocycles. The first-order valence-corrected chi connectivity index (χ1v) is 11.4. The Labute approximate surface area is 139 Å². The number of hydrogen-bond donors (Lipinski definition) is 1. The number of hydrogen-bond acceptors (Lipinski definition) is 4. The summed E-state index contributed by atoms with van der Waals surface area (Å²) in [5.74, 6) is 0. The molecule has 0 rings (SSSR count). The molecule has 22 heavy (non-hydrogen) atoms. The van der Waals surface area contributed by atoms with Crippen LogP contribution in [0.2, 0.25) is 6.55 Å². The molecule has 0 bridgehead atoms. The first kappa shape index (κ1) is 22.1. The van der Waals surface area contributed by atoms with E-state index in [9.17, 15) is 0 Å². The zero-order valence-corrected chi connectivity index (χ0v) is 16.2. The highest BCUT2D eigenvalue weighted by Gasteiger charge is 2.31. The van der Waals surface area contributed by atoms with Gasteiger partial charge in [0.1, 0.15) is 0 Å². The van der Waals surface area contributed by atoms with Crippen molar-refractivity contribution in [1.29, 1.82) is 0 Å². The summed E-state index contributed by atoms with van der Waals surface area (Å²) in [6.07, 6.45) is 15.9.